The lowest BCUT2D eigenvalue weighted by molar-refractivity contribution is -0.121. The Kier molecular flexibility index (Phi) is 8.44. The number of nitrogens with one attached hydrogen (secondary N) is 1. The normalized spacial score (nSPS) is 10.6. The zero-order chi connectivity index (χ0) is 22.9. The second kappa shape index (κ2) is 11.5. The number of aryl methyl sites for hydroxylation is 2. The van der Waals surface area contributed by atoms with Crippen LogP contribution in [0.15, 0.2) is 47.8 Å². The van der Waals surface area contributed by atoms with Crippen LogP contribution < -0.4 is 14.8 Å². The van der Waals surface area contributed by atoms with E-state index in [1.54, 1.807) is 12.3 Å². The van der Waals surface area contributed by atoms with Crippen molar-refractivity contribution in [2.75, 3.05) is 12.9 Å². The van der Waals surface area contributed by atoms with E-state index in [0.717, 1.165) is 27.7 Å². The van der Waals surface area contributed by atoms with Crippen LogP contribution in [0.5, 0.6) is 17.4 Å². The second-order valence-corrected chi connectivity index (χ2v) is 7.90. The molecule has 1 N–H and O–H groups in total. The Morgan fingerprint density at radius 3 is 2.41 bits per heavy atom. The predicted molar refractivity (Wildman–Crippen MR) is 125 cm³/mol. The highest BCUT2D eigenvalue weighted by Gasteiger charge is 2.11. The number of thioether (sulfide) groups is 1. The zero-order valence-electron chi connectivity index (χ0n) is 18.8. The van der Waals surface area contributed by atoms with E-state index in [1.807, 2.05) is 57.4 Å². The molecule has 3 aromatic rings. The van der Waals surface area contributed by atoms with Gasteiger partial charge in [0.15, 0.2) is 16.7 Å². The first-order chi connectivity index (χ1) is 15.5. The Balaban J connectivity index is 1.51. The van der Waals surface area contributed by atoms with Gasteiger partial charge in [0.2, 0.25) is 11.8 Å². The van der Waals surface area contributed by atoms with Crippen LogP contribution in [0.1, 0.15) is 35.9 Å². The number of hydrogen-bond acceptors (Lipinski definition) is 7. The van der Waals surface area contributed by atoms with E-state index >= 15 is 0 Å². The minimum atomic E-state index is -0.0243. The fourth-order valence-corrected chi connectivity index (χ4v) is 3.64. The van der Waals surface area contributed by atoms with Crippen LogP contribution in [-0.4, -0.2) is 33.7 Å². The maximum Gasteiger partial charge on any atom is 0.220 e. The Morgan fingerprint density at radius 1 is 1.06 bits per heavy atom. The molecule has 2 heterocycles. The van der Waals surface area contributed by atoms with Crippen molar-refractivity contribution < 1.29 is 14.3 Å². The molecule has 1 amide bonds. The molecule has 7 nitrogen and oxygen atoms in total. The molecule has 3 rings (SSSR count). The van der Waals surface area contributed by atoms with Crippen LogP contribution in [0.4, 0.5) is 0 Å². The molecular weight excluding hydrogens is 424 g/mol. The van der Waals surface area contributed by atoms with Crippen molar-refractivity contribution in [3.05, 3.63) is 65.1 Å². The van der Waals surface area contributed by atoms with Crippen molar-refractivity contribution in [3.63, 3.8) is 0 Å². The maximum atomic E-state index is 12.3. The first-order valence-electron chi connectivity index (χ1n) is 10.5. The molecule has 0 aliphatic heterocycles. The highest BCUT2D eigenvalue weighted by atomic mass is 32.2. The van der Waals surface area contributed by atoms with Crippen LogP contribution in [0.2, 0.25) is 0 Å². The first kappa shape index (κ1) is 23.5. The molecular formula is C24H28N4O3S. The van der Waals surface area contributed by atoms with Crippen molar-refractivity contribution >= 4 is 17.7 Å². The molecule has 168 valence electrons. The third-order valence-electron chi connectivity index (χ3n) is 4.84. The summed E-state index contributed by atoms with van der Waals surface area (Å²) in [6.07, 6.45) is 4.64. The van der Waals surface area contributed by atoms with Crippen LogP contribution in [0.3, 0.4) is 0 Å². The number of carbonyl (C=O) groups is 1. The van der Waals surface area contributed by atoms with Crippen LogP contribution in [0, 0.1) is 13.8 Å². The van der Waals surface area contributed by atoms with Gasteiger partial charge in [-0.05, 0) is 56.7 Å². The molecule has 0 saturated heterocycles. The number of amides is 1. The van der Waals surface area contributed by atoms with Gasteiger partial charge < -0.3 is 14.8 Å². The summed E-state index contributed by atoms with van der Waals surface area (Å²) in [4.78, 5) is 25.6. The van der Waals surface area contributed by atoms with E-state index in [4.69, 9.17) is 9.47 Å². The van der Waals surface area contributed by atoms with Gasteiger partial charge in [-0.1, -0.05) is 30.0 Å². The summed E-state index contributed by atoms with van der Waals surface area (Å²) in [5.41, 5.74) is 3.79. The molecule has 0 fully saturated rings. The Bertz CT molecular complexity index is 1030. The zero-order valence-corrected chi connectivity index (χ0v) is 19.7. The molecule has 32 heavy (non-hydrogen) atoms. The smallest absolute Gasteiger partial charge is 0.220 e. The number of ether oxygens (including phenoxy) is 2. The number of para-hydroxylation sites is 2. The van der Waals surface area contributed by atoms with Gasteiger partial charge in [0.1, 0.15) is 0 Å². The van der Waals surface area contributed by atoms with Gasteiger partial charge in [-0.25, -0.2) is 15.0 Å². The molecule has 0 saturated carbocycles. The Morgan fingerprint density at radius 2 is 1.78 bits per heavy atom. The minimum Gasteiger partial charge on any atom is -0.490 e. The lowest BCUT2D eigenvalue weighted by atomic mass is 10.1. The van der Waals surface area contributed by atoms with Crippen molar-refractivity contribution in [3.8, 4) is 17.4 Å². The standard InChI is InChI=1S/C24H28N4O3S/c1-5-30-20-8-6-7-9-21(20)31-23-13-10-18(15-26-23)14-25-22(29)12-11-19-16(2)27-24(32-4)28-17(19)3/h6-10,13,15H,5,11-12,14H2,1-4H3,(H,25,29). The molecule has 0 spiro atoms. The van der Waals surface area contributed by atoms with Crippen molar-refractivity contribution in [1.82, 2.24) is 20.3 Å². The van der Waals surface area contributed by atoms with E-state index in [1.165, 1.54) is 11.8 Å². The van der Waals surface area contributed by atoms with Gasteiger partial charge in [0.25, 0.3) is 0 Å². The van der Waals surface area contributed by atoms with Crippen LogP contribution >= 0.6 is 11.8 Å². The summed E-state index contributed by atoms with van der Waals surface area (Å²) < 4.78 is 11.4. The maximum absolute atomic E-state index is 12.3. The fraction of sp³-hybridized carbons (Fsp3) is 0.333. The third kappa shape index (κ3) is 6.43. The van der Waals surface area contributed by atoms with Crippen LogP contribution in [-0.2, 0) is 17.8 Å². The Hall–Kier alpha value is -3.13. The largest absolute Gasteiger partial charge is 0.490 e. The highest BCUT2D eigenvalue weighted by molar-refractivity contribution is 7.98. The first-order valence-corrected chi connectivity index (χ1v) is 11.7. The van der Waals surface area contributed by atoms with E-state index in [0.29, 0.717) is 43.4 Å². The van der Waals surface area contributed by atoms with Crippen molar-refractivity contribution in [2.45, 2.75) is 45.3 Å². The predicted octanol–water partition coefficient (Wildman–Crippen LogP) is 4.65. The van der Waals surface area contributed by atoms with Gasteiger partial charge in [0, 0.05) is 36.6 Å². The van der Waals surface area contributed by atoms with Gasteiger partial charge in [-0.15, -0.1) is 0 Å². The number of rotatable bonds is 10. The summed E-state index contributed by atoms with van der Waals surface area (Å²) in [7, 11) is 0. The number of pyridine rings is 1. The molecule has 8 heteroatoms. The number of benzene rings is 1. The quantitative estimate of drug-likeness (QED) is 0.354. The topological polar surface area (TPSA) is 86.2 Å². The summed E-state index contributed by atoms with van der Waals surface area (Å²) in [5, 5.41) is 3.70. The third-order valence-corrected chi connectivity index (χ3v) is 5.38. The molecule has 1 aromatic carbocycles. The lowest BCUT2D eigenvalue weighted by Crippen LogP contribution is -2.23. The van der Waals surface area contributed by atoms with Crippen molar-refractivity contribution in [2.24, 2.45) is 0 Å². The number of carbonyl (C=O) groups excluding carboxylic acids is 1. The SMILES string of the molecule is CCOc1ccccc1Oc1ccc(CNC(=O)CCc2c(C)nc(SC)nc2C)cn1. The van der Waals surface area contributed by atoms with Gasteiger partial charge >= 0.3 is 0 Å². The molecule has 0 unspecified atom stereocenters. The summed E-state index contributed by atoms with van der Waals surface area (Å²) in [5.74, 6) is 1.73. The minimum absolute atomic E-state index is 0.0243. The molecule has 0 bridgehead atoms. The van der Waals surface area contributed by atoms with Gasteiger partial charge in [-0.3, -0.25) is 4.79 Å². The number of aromatic nitrogens is 3. The molecule has 2 aromatic heterocycles. The monoisotopic (exact) mass is 452 g/mol. The molecule has 0 aliphatic rings. The second-order valence-electron chi connectivity index (χ2n) is 7.12. The van der Waals surface area contributed by atoms with E-state index in [-0.39, 0.29) is 5.91 Å². The van der Waals surface area contributed by atoms with Gasteiger partial charge in [0.05, 0.1) is 6.61 Å². The summed E-state index contributed by atoms with van der Waals surface area (Å²) in [6.45, 7) is 6.81. The van der Waals surface area contributed by atoms with E-state index in [9.17, 15) is 4.79 Å². The lowest BCUT2D eigenvalue weighted by Gasteiger charge is -2.11. The molecule has 0 aliphatic carbocycles. The van der Waals surface area contributed by atoms with Gasteiger partial charge in [-0.2, -0.15) is 0 Å². The van der Waals surface area contributed by atoms with E-state index < -0.39 is 0 Å². The number of nitrogens with zero attached hydrogens (tertiary/aromatic N) is 3. The fourth-order valence-electron chi connectivity index (χ4n) is 3.19. The highest BCUT2D eigenvalue weighted by Crippen LogP contribution is 2.30. The van der Waals surface area contributed by atoms with Crippen LogP contribution in [0.25, 0.3) is 0 Å². The Labute approximate surface area is 193 Å². The van der Waals surface area contributed by atoms with E-state index in [2.05, 4.69) is 20.3 Å². The molecule has 0 radical (unpaired) electrons. The molecule has 0 atom stereocenters. The summed E-state index contributed by atoms with van der Waals surface area (Å²) in [6, 6.07) is 11.1. The summed E-state index contributed by atoms with van der Waals surface area (Å²) >= 11 is 1.52. The average Bonchev–Trinajstić information content (AvgIpc) is 2.79. The average molecular weight is 453 g/mol. The number of hydrogen-bond donors (Lipinski definition) is 1. The van der Waals surface area contributed by atoms with Crippen molar-refractivity contribution in [1.29, 1.82) is 0 Å².